The Morgan fingerprint density at radius 2 is 1.48 bits per heavy atom. The number of ketones is 1. The van der Waals surface area contributed by atoms with Gasteiger partial charge in [0.2, 0.25) is 0 Å². The Kier molecular flexibility index (Phi) is 22.1. The molecule has 46 heavy (non-hydrogen) atoms. The van der Waals surface area contributed by atoms with Crippen LogP contribution < -0.4 is 0 Å². The molecule has 1 aromatic carbocycles. The molecule has 1 aromatic rings. The number of carboxylic acid groups (broad SMARTS) is 1. The number of hydrogen-bond donors (Lipinski definition) is 1. The molecule has 0 spiro atoms. The highest BCUT2D eigenvalue weighted by molar-refractivity contribution is 9.10. The maximum absolute atomic E-state index is 11.7. The molecule has 3 rings (SSSR count). The monoisotopic (exact) mass is 706 g/mol. The van der Waals surface area contributed by atoms with Gasteiger partial charge < -0.3 is 19.5 Å². The average Bonchev–Trinajstić information content (AvgIpc) is 3.65. The lowest BCUT2D eigenvalue weighted by molar-refractivity contribution is -0.143. The van der Waals surface area contributed by atoms with Crippen LogP contribution in [0, 0.1) is 17.8 Å². The van der Waals surface area contributed by atoms with Crippen LogP contribution in [-0.2, 0) is 19.1 Å². The van der Waals surface area contributed by atoms with Gasteiger partial charge in [-0.1, -0.05) is 91.4 Å². The molecule has 262 valence electrons. The Balaban J connectivity index is 0.000000390. The standard InChI is InChI=1S/C19H27NO3.C13H25N.C6H11BrO2/c1-15(21)8-4-2-5-9-16-12-13-20(14-16)18(19(22)23)17-10-6-3-7-11-17;1-12(2)7-5-4-6-8-13-9-10-14(3)11-13;1-4(2)5(7)6(8)9-3/h3,6-7,10-11,16,18H,2,4-5,8-9,12-14H2,1H3,(H,22,23);13H,1,4-11H2,2-3H3;4-5H,1-3H3. The molecule has 0 amide bonds. The van der Waals surface area contributed by atoms with E-state index in [9.17, 15) is 19.5 Å². The molecular formula is C38H63BrN2O5. The third-order valence-electron chi connectivity index (χ3n) is 8.89. The molecule has 0 radical (unpaired) electrons. The Morgan fingerprint density at radius 3 is 1.93 bits per heavy atom. The maximum Gasteiger partial charge on any atom is 0.325 e. The first-order valence-corrected chi connectivity index (χ1v) is 18.3. The zero-order valence-electron chi connectivity index (χ0n) is 29.6. The van der Waals surface area contributed by atoms with E-state index in [0.29, 0.717) is 12.3 Å². The number of benzene rings is 1. The molecule has 0 saturated carbocycles. The number of carbonyl (C=O) groups is 3. The molecule has 2 aliphatic rings. The number of carbonyl (C=O) groups excluding carboxylic acids is 2. The molecule has 8 heteroatoms. The predicted molar refractivity (Wildman–Crippen MR) is 193 cm³/mol. The Labute approximate surface area is 288 Å². The van der Waals surface area contributed by atoms with Crippen LogP contribution in [-0.4, -0.2) is 77.8 Å². The number of esters is 1. The van der Waals surface area contributed by atoms with Gasteiger partial charge in [-0.25, -0.2) is 0 Å². The van der Waals surface area contributed by atoms with Crippen molar-refractivity contribution in [3.8, 4) is 0 Å². The van der Waals surface area contributed by atoms with Crippen molar-refractivity contribution >= 4 is 33.7 Å². The summed E-state index contributed by atoms with van der Waals surface area (Å²) in [6.45, 7) is 16.0. The van der Waals surface area contributed by atoms with Crippen molar-refractivity contribution < 1.29 is 24.2 Å². The predicted octanol–water partition coefficient (Wildman–Crippen LogP) is 8.72. The summed E-state index contributed by atoms with van der Waals surface area (Å²) < 4.78 is 4.49. The van der Waals surface area contributed by atoms with Crippen LogP contribution in [0.3, 0.4) is 0 Å². The molecule has 7 nitrogen and oxygen atoms in total. The Morgan fingerprint density at radius 1 is 0.913 bits per heavy atom. The summed E-state index contributed by atoms with van der Waals surface area (Å²) in [4.78, 5) is 37.7. The first kappa shape index (κ1) is 42.0. The largest absolute Gasteiger partial charge is 0.480 e. The molecule has 4 unspecified atom stereocenters. The van der Waals surface area contributed by atoms with Crippen LogP contribution in [0.4, 0.5) is 0 Å². The minimum Gasteiger partial charge on any atom is -0.480 e. The lowest BCUT2D eigenvalue weighted by atomic mass is 9.99. The number of alkyl halides is 1. The van der Waals surface area contributed by atoms with E-state index in [4.69, 9.17) is 0 Å². The number of nitrogens with zero attached hydrogens (tertiary/aromatic N) is 2. The van der Waals surface area contributed by atoms with Crippen LogP contribution in [0.15, 0.2) is 42.5 Å². The zero-order valence-corrected chi connectivity index (χ0v) is 31.2. The van der Waals surface area contributed by atoms with Gasteiger partial charge in [0.25, 0.3) is 0 Å². The molecule has 0 aromatic heterocycles. The summed E-state index contributed by atoms with van der Waals surface area (Å²) in [5, 5.41) is 9.60. The summed E-state index contributed by atoms with van der Waals surface area (Å²) in [7, 11) is 3.63. The van der Waals surface area contributed by atoms with E-state index in [1.54, 1.807) is 6.92 Å². The highest BCUT2D eigenvalue weighted by Gasteiger charge is 2.33. The quantitative estimate of drug-likeness (QED) is 0.0750. The lowest BCUT2D eigenvalue weighted by Gasteiger charge is -2.24. The molecule has 2 heterocycles. The third-order valence-corrected chi connectivity index (χ3v) is 10.3. The SMILES string of the molecule is C=C(C)CCCCCC1CCN(C)C1.CC(=O)CCCCCC1CCN(C(C(=O)O)c2ccccc2)C1.COC(=O)C(Br)C(C)C. The minimum absolute atomic E-state index is 0.164. The van der Waals surface area contributed by atoms with Gasteiger partial charge in [0.15, 0.2) is 0 Å². The number of methoxy groups -OCH3 is 1. The second kappa shape index (κ2) is 24.2. The molecular weight excluding hydrogens is 644 g/mol. The molecule has 1 N–H and O–H groups in total. The molecule has 0 aliphatic carbocycles. The van der Waals surface area contributed by atoms with E-state index < -0.39 is 12.0 Å². The molecule has 2 aliphatic heterocycles. The first-order valence-electron chi connectivity index (χ1n) is 17.4. The highest BCUT2D eigenvalue weighted by atomic mass is 79.9. The van der Waals surface area contributed by atoms with Gasteiger partial charge in [-0.05, 0) is 102 Å². The third kappa shape index (κ3) is 18.3. The number of likely N-dealkylation sites (tertiary alicyclic amines) is 2. The number of ether oxygens (including phenoxy) is 1. The fraction of sp³-hybridized carbons (Fsp3) is 0.711. The van der Waals surface area contributed by atoms with Crippen molar-refractivity contribution in [3.63, 3.8) is 0 Å². The van der Waals surface area contributed by atoms with Crippen LogP contribution in [0.25, 0.3) is 0 Å². The average molecular weight is 708 g/mol. The topological polar surface area (TPSA) is 87.2 Å². The van der Waals surface area contributed by atoms with Crippen molar-refractivity contribution in [2.45, 2.75) is 116 Å². The van der Waals surface area contributed by atoms with E-state index in [-0.39, 0.29) is 22.5 Å². The van der Waals surface area contributed by atoms with Gasteiger partial charge in [-0.3, -0.25) is 14.5 Å². The molecule has 2 fully saturated rings. The van der Waals surface area contributed by atoms with E-state index >= 15 is 0 Å². The van der Waals surface area contributed by atoms with E-state index in [1.165, 1.54) is 64.3 Å². The van der Waals surface area contributed by atoms with Crippen molar-refractivity contribution in [3.05, 3.63) is 48.0 Å². The number of halogens is 1. The number of aliphatic carboxylic acids is 1. The van der Waals surface area contributed by atoms with Crippen molar-refractivity contribution in [1.29, 1.82) is 0 Å². The van der Waals surface area contributed by atoms with Crippen molar-refractivity contribution in [1.82, 2.24) is 9.80 Å². The normalized spacial score (nSPS) is 19.4. The number of hydrogen-bond acceptors (Lipinski definition) is 6. The highest BCUT2D eigenvalue weighted by Crippen LogP contribution is 2.30. The van der Waals surface area contributed by atoms with Crippen LogP contribution in [0.2, 0.25) is 0 Å². The van der Waals surface area contributed by atoms with Crippen molar-refractivity contribution in [2.75, 3.05) is 40.3 Å². The summed E-state index contributed by atoms with van der Waals surface area (Å²) in [5.74, 6) is 1.16. The number of carboxylic acids is 1. The van der Waals surface area contributed by atoms with Gasteiger partial charge in [-0.2, -0.15) is 0 Å². The Bertz CT molecular complexity index is 1020. The van der Waals surface area contributed by atoms with Crippen LogP contribution in [0.1, 0.15) is 116 Å². The lowest BCUT2D eigenvalue weighted by Crippen LogP contribution is -2.32. The van der Waals surface area contributed by atoms with E-state index in [1.807, 2.05) is 44.2 Å². The van der Waals surface area contributed by atoms with Gasteiger partial charge in [0, 0.05) is 19.5 Å². The van der Waals surface area contributed by atoms with Gasteiger partial charge in [-0.15, -0.1) is 6.58 Å². The molecule has 0 bridgehead atoms. The first-order chi connectivity index (χ1) is 21.8. The second-order valence-corrected chi connectivity index (χ2v) is 14.7. The number of unbranched alkanes of at least 4 members (excludes halogenated alkanes) is 4. The summed E-state index contributed by atoms with van der Waals surface area (Å²) in [6, 6.07) is 8.97. The van der Waals surface area contributed by atoms with Gasteiger partial charge in [0.05, 0.1) is 7.11 Å². The van der Waals surface area contributed by atoms with E-state index in [0.717, 1.165) is 56.7 Å². The molecule has 2 saturated heterocycles. The fourth-order valence-electron chi connectivity index (χ4n) is 6.14. The summed E-state index contributed by atoms with van der Waals surface area (Å²) in [5.41, 5.74) is 2.20. The number of Topliss-reactive ketones (excluding diaryl/α,β-unsaturated/α-hetero) is 1. The zero-order chi connectivity index (χ0) is 34.5. The maximum atomic E-state index is 11.7. The van der Waals surface area contributed by atoms with Crippen LogP contribution >= 0.6 is 15.9 Å². The van der Waals surface area contributed by atoms with Crippen molar-refractivity contribution in [2.24, 2.45) is 17.8 Å². The van der Waals surface area contributed by atoms with Crippen LogP contribution in [0.5, 0.6) is 0 Å². The second-order valence-electron chi connectivity index (χ2n) is 13.7. The summed E-state index contributed by atoms with van der Waals surface area (Å²) >= 11 is 3.19. The van der Waals surface area contributed by atoms with E-state index in [2.05, 4.69) is 51.0 Å². The number of rotatable bonds is 17. The Hall–Kier alpha value is -2.03. The van der Waals surface area contributed by atoms with Gasteiger partial charge in [0.1, 0.15) is 16.7 Å². The minimum atomic E-state index is -0.765. The van der Waals surface area contributed by atoms with Gasteiger partial charge >= 0.3 is 11.9 Å². The fourth-order valence-corrected chi connectivity index (χ4v) is 6.33. The smallest absolute Gasteiger partial charge is 0.325 e. The summed E-state index contributed by atoms with van der Waals surface area (Å²) in [6.07, 6.45) is 14.4. The molecule has 4 atom stereocenters. The number of allylic oxidation sites excluding steroid dienone is 1.